The van der Waals surface area contributed by atoms with Crippen LogP contribution in [0.25, 0.3) is 10.2 Å². The predicted molar refractivity (Wildman–Crippen MR) is 157 cm³/mol. The summed E-state index contributed by atoms with van der Waals surface area (Å²) >= 11 is 7.38. The van der Waals surface area contributed by atoms with Gasteiger partial charge in [-0.05, 0) is 18.2 Å². The predicted octanol–water partition coefficient (Wildman–Crippen LogP) is 0.819. The number of hydrogen-bond donors (Lipinski definition) is 6. The number of nitrogens with zero attached hydrogens (tertiary/aromatic N) is 3. The largest absolute Gasteiger partial charge is 0.504 e. The quantitative estimate of drug-likeness (QED) is 0.197. The van der Waals surface area contributed by atoms with Gasteiger partial charge in [-0.1, -0.05) is 22.9 Å². The molecular formula is C28H31ClN4O10S. The van der Waals surface area contributed by atoms with Crippen molar-refractivity contribution in [1.82, 2.24) is 14.8 Å². The fourth-order valence-corrected chi connectivity index (χ4v) is 7.07. The van der Waals surface area contributed by atoms with E-state index in [1.54, 1.807) is 18.2 Å². The number of hydrogen-bond acceptors (Lipinski definition) is 14. The first-order valence-corrected chi connectivity index (χ1v) is 15.1. The van der Waals surface area contributed by atoms with Crippen LogP contribution >= 0.6 is 22.9 Å². The van der Waals surface area contributed by atoms with Crippen molar-refractivity contribution in [3.8, 4) is 17.2 Å². The van der Waals surface area contributed by atoms with Crippen molar-refractivity contribution in [2.75, 3.05) is 51.8 Å². The molecule has 0 bridgehead atoms. The summed E-state index contributed by atoms with van der Waals surface area (Å²) in [5.74, 6) is -2.44. The summed E-state index contributed by atoms with van der Waals surface area (Å²) in [5, 5.41) is 56.6. The number of methoxy groups -OCH3 is 1. The fourth-order valence-electron chi connectivity index (χ4n) is 5.91. The molecule has 2 fully saturated rings. The molecule has 3 aromatic rings. The number of esters is 1. The molecule has 1 aromatic heterocycles. The maximum atomic E-state index is 13.2. The van der Waals surface area contributed by atoms with Gasteiger partial charge in [0, 0.05) is 48.9 Å². The van der Waals surface area contributed by atoms with E-state index < -0.39 is 54.6 Å². The molecule has 2 aromatic carbocycles. The number of halogens is 1. The second kappa shape index (κ2) is 12.3. The van der Waals surface area contributed by atoms with Gasteiger partial charge in [0.15, 0.2) is 22.7 Å². The molecule has 2 unspecified atom stereocenters. The van der Waals surface area contributed by atoms with Crippen molar-refractivity contribution >= 4 is 50.2 Å². The van der Waals surface area contributed by atoms with E-state index in [0.29, 0.717) is 36.3 Å². The number of aromatic nitrogens is 1. The number of piperazine rings is 1. The van der Waals surface area contributed by atoms with Gasteiger partial charge in [0.1, 0.15) is 24.4 Å². The first kappa shape index (κ1) is 30.7. The van der Waals surface area contributed by atoms with Gasteiger partial charge < -0.3 is 45.1 Å². The minimum Gasteiger partial charge on any atom is -0.504 e. The number of aromatic hydroxyl groups is 2. The van der Waals surface area contributed by atoms with E-state index in [2.05, 4.69) is 10.3 Å². The maximum absolute atomic E-state index is 13.2. The number of fused-ring (bicyclic) bond motifs is 4. The van der Waals surface area contributed by atoms with Crippen LogP contribution in [-0.4, -0.2) is 123 Å². The zero-order valence-electron chi connectivity index (χ0n) is 23.5. The smallest absolute Gasteiger partial charge is 0.339 e. The third-order valence-corrected chi connectivity index (χ3v) is 9.32. The van der Waals surface area contributed by atoms with Crippen molar-refractivity contribution in [1.29, 1.82) is 0 Å². The minimum atomic E-state index is -1.59. The summed E-state index contributed by atoms with van der Waals surface area (Å²) in [6.07, 6.45) is -6.94. The van der Waals surface area contributed by atoms with Crippen LogP contribution in [0.5, 0.6) is 17.2 Å². The number of nitrogens with one attached hydrogen (secondary N) is 1. The molecule has 0 aliphatic carbocycles. The lowest BCUT2D eigenvalue weighted by atomic mass is 9.84. The van der Waals surface area contributed by atoms with Crippen LogP contribution in [0, 0.1) is 0 Å². The van der Waals surface area contributed by atoms with Gasteiger partial charge in [0.05, 0.1) is 36.0 Å². The van der Waals surface area contributed by atoms with Crippen molar-refractivity contribution in [3.05, 3.63) is 39.9 Å². The summed E-state index contributed by atoms with van der Waals surface area (Å²) in [7, 11) is 1.24. The van der Waals surface area contributed by atoms with Gasteiger partial charge in [-0.15, -0.1) is 0 Å². The number of phenolic OH excluding ortho intramolecular Hbond substituents is 2. The highest BCUT2D eigenvalue weighted by Crippen LogP contribution is 2.52. The number of carbonyl (C=O) groups is 2. The van der Waals surface area contributed by atoms with Gasteiger partial charge in [0.2, 0.25) is 11.7 Å². The number of carbonyl (C=O) groups excluding carboxylic acids is 2. The second-order valence-electron chi connectivity index (χ2n) is 10.9. The first-order valence-electron chi connectivity index (χ1n) is 13.9. The molecular weight excluding hydrogens is 620 g/mol. The van der Waals surface area contributed by atoms with Crippen molar-refractivity contribution in [3.63, 3.8) is 0 Å². The van der Waals surface area contributed by atoms with Crippen LogP contribution < -0.4 is 10.1 Å². The van der Waals surface area contributed by atoms with Gasteiger partial charge in [-0.3, -0.25) is 14.6 Å². The van der Waals surface area contributed by atoms with E-state index in [1.165, 1.54) is 18.4 Å². The summed E-state index contributed by atoms with van der Waals surface area (Å²) in [4.78, 5) is 34.3. The third kappa shape index (κ3) is 5.54. The molecule has 3 aliphatic heterocycles. The van der Waals surface area contributed by atoms with E-state index in [9.17, 15) is 35.1 Å². The summed E-state index contributed by atoms with van der Waals surface area (Å²) in [6.45, 7) is 1.58. The zero-order valence-corrected chi connectivity index (χ0v) is 25.0. The highest BCUT2D eigenvalue weighted by atomic mass is 35.5. The lowest BCUT2D eigenvalue weighted by Crippen LogP contribution is -2.58. The molecule has 6 N–H and O–H groups in total. The van der Waals surface area contributed by atoms with Crippen LogP contribution in [0.3, 0.4) is 0 Å². The third-order valence-electron chi connectivity index (χ3n) is 8.16. The number of benzene rings is 2. The van der Waals surface area contributed by atoms with Crippen molar-refractivity contribution in [2.45, 2.75) is 37.1 Å². The number of phenols is 2. The zero-order chi connectivity index (χ0) is 31.3. The van der Waals surface area contributed by atoms with E-state index in [-0.39, 0.29) is 41.4 Å². The topological polar surface area (TPSA) is 194 Å². The van der Waals surface area contributed by atoms with Crippen LogP contribution in [0.15, 0.2) is 18.2 Å². The monoisotopic (exact) mass is 650 g/mol. The standard InChI is InChI=1S/C28H31ClN4O10S/c1-41-25-20(36)13(18-19(22(25)38)24-26(43-27(18)40)23(39)21(37)15(11-34)42-24)9-32-4-6-33(7-5-32)10-17(35)31-28-30-14-3-2-12(29)8-16(14)44-28/h2-3,8,15,21,23-24,26,34,36-39H,4-7,9-11H2,1H3,(H,30,31,35)/t15-,21-,23+,24?,26?/m1/s1. The van der Waals surface area contributed by atoms with E-state index in [1.807, 2.05) is 9.80 Å². The minimum absolute atomic E-state index is 0.0623. The number of ether oxygens (including phenoxy) is 3. The SMILES string of the molecule is COc1c(O)c(CN2CCN(CC(=O)Nc3nc4ccc(Cl)cc4s3)CC2)c2c(c1O)C1O[C@H](CO)[C@@H](O)[C@H](O)C1OC2=O. The van der Waals surface area contributed by atoms with Gasteiger partial charge in [-0.25, -0.2) is 9.78 Å². The summed E-state index contributed by atoms with van der Waals surface area (Å²) < 4.78 is 17.4. The van der Waals surface area contributed by atoms with Crippen LogP contribution in [0.2, 0.25) is 5.02 Å². The van der Waals surface area contributed by atoms with Crippen molar-refractivity contribution in [2.24, 2.45) is 0 Å². The Morgan fingerprint density at radius 3 is 2.59 bits per heavy atom. The highest BCUT2D eigenvalue weighted by molar-refractivity contribution is 7.22. The Labute approximate surface area is 259 Å². The molecule has 0 spiro atoms. The Hall–Kier alpha value is -3.28. The number of anilines is 1. The molecule has 6 rings (SSSR count). The number of thiazole rings is 1. The Bertz CT molecular complexity index is 1600. The number of aliphatic hydroxyl groups is 3. The average molecular weight is 651 g/mol. The van der Waals surface area contributed by atoms with Crippen molar-refractivity contribution < 1.29 is 49.3 Å². The highest BCUT2D eigenvalue weighted by Gasteiger charge is 2.53. The molecule has 2 saturated heterocycles. The first-order chi connectivity index (χ1) is 21.1. The molecule has 0 saturated carbocycles. The average Bonchev–Trinajstić information content (AvgIpc) is 3.39. The molecule has 16 heteroatoms. The van der Waals surface area contributed by atoms with E-state index in [0.717, 1.165) is 10.2 Å². The Morgan fingerprint density at radius 1 is 1.16 bits per heavy atom. The van der Waals surface area contributed by atoms with E-state index in [4.69, 9.17) is 25.8 Å². The molecule has 44 heavy (non-hydrogen) atoms. The Morgan fingerprint density at radius 2 is 1.89 bits per heavy atom. The van der Waals surface area contributed by atoms with Crippen LogP contribution in [0.4, 0.5) is 5.13 Å². The fraction of sp³-hybridized carbons (Fsp3) is 0.464. The number of aliphatic hydroxyl groups excluding tert-OH is 3. The summed E-state index contributed by atoms with van der Waals surface area (Å²) in [6, 6.07) is 5.33. The lowest BCUT2D eigenvalue weighted by Gasteiger charge is -2.45. The molecule has 236 valence electrons. The molecule has 14 nitrogen and oxygen atoms in total. The van der Waals surface area contributed by atoms with Gasteiger partial charge >= 0.3 is 5.97 Å². The lowest BCUT2D eigenvalue weighted by molar-refractivity contribution is -0.235. The second-order valence-corrected chi connectivity index (χ2v) is 12.3. The molecule has 5 atom stereocenters. The number of amides is 1. The normalized spacial score (nSPS) is 25.8. The maximum Gasteiger partial charge on any atom is 0.339 e. The Balaban J connectivity index is 1.16. The molecule has 4 heterocycles. The molecule has 1 amide bonds. The Kier molecular flexibility index (Phi) is 8.56. The molecule has 0 radical (unpaired) electrons. The van der Waals surface area contributed by atoms with Gasteiger partial charge in [0.25, 0.3) is 0 Å². The molecule has 3 aliphatic rings. The van der Waals surface area contributed by atoms with Gasteiger partial charge in [-0.2, -0.15) is 0 Å². The number of rotatable bonds is 7. The summed E-state index contributed by atoms with van der Waals surface area (Å²) in [5.41, 5.74) is 0.676. The van der Waals surface area contributed by atoms with E-state index >= 15 is 0 Å². The van der Waals surface area contributed by atoms with Crippen LogP contribution in [-0.2, 0) is 20.8 Å². The van der Waals surface area contributed by atoms with Crippen LogP contribution in [0.1, 0.15) is 27.6 Å².